The van der Waals surface area contributed by atoms with E-state index in [-0.39, 0.29) is 55.3 Å². The predicted octanol–water partition coefficient (Wildman–Crippen LogP) is 6.05. The predicted molar refractivity (Wildman–Crippen MR) is 209 cm³/mol. The Morgan fingerprint density at radius 3 is 2.17 bits per heavy atom. The number of hydrogen-bond donors (Lipinski definition) is 1. The molecule has 0 radical (unpaired) electrons. The van der Waals surface area contributed by atoms with Gasteiger partial charge in [-0.3, -0.25) is 24.6 Å². The Kier molecular flexibility index (Phi) is 11.2. The molecule has 0 aliphatic carbocycles. The maximum atomic E-state index is 15.6. The summed E-state index contributed by atoms with van der Waals surface area (Å²) >= 11 is 0. The van der Waals surface area contributed by atoms with E-state index in [2.05, 4.69) is 20.0 Å². The van der Waals surface area contributed by atoms with Crippen LogP contribution in [0.25, 0.3) is 0 Å². The number of methoxy groups -OCH3 is 1. The van der Waals surface area contributed by atoms with Crippen LogP contribution in [0.4, 0.5) is 39.0 Å². The fraction of sp³-hybridized carbons (Fsp3) is 0.488. The summed E-state index contributed by atoms with van der Waals surface area (Å²) in [5.41, 5.74) is 1.12. The van der Waals surface area contributed by atoms with E-state index in [1.54, 1.807) is 6.07 Å². The number of imide groups is 1. The lowest BCUT2D eigenvalue weighted by atomic mass is 9.88. The van der Waals surface area contributed by atoms with Gasteiger partial charge in [0.2, 0.25) is 11.8 Å². The van der Waals surface area contributed by atoms with Crippen molar-refractivity contribution in [3.8, 4) is 11.8 Å². The highest BCUT2D eigenvalue weighted by atomic mass is 19.4. The van der Waals surface area contributed by atoms with E-state index in [0.717, 1.165) is 81.7 Å². The van der Waals surface area contributed by atoms with Crippen molar-refractivity contribution in [2.24, 2.45) is 5.92 Å². The molecular weight excluding hydrogens is 774 g/mol. The molecule has 3 amide bonds. The van der Waals surface area contributed by atoms with E-state index in [4.69, 9.17) is 10.00 Å². The number of alkyl halides is 3. The summed E-state index contributed by atoms with van der Waals surface area (Å²) in [5.74, 6) is -1.97. The fourth-order valence-electron chi connectivity index (χ4n) is 9.58. The number of piperidine rings is 3. The number of amides is 3. The minimum atomic E-state index is -5.00. The van der Waals surface area contributed by atoms with Crippen molar-refractivity contribution >= 4 is 34.8 Å². The Labute approximate surface area is 339 Å². The quantitative estimate of drug-likeness (QED) is 0.215. The zero-order chi connectivity index (χ0) is 41.6. The Hall–Kier alpha value is -5.43. The SMILES string of the molecule is COc1cc(N2CCN(CC3CCN(c4ccc(C5CCN(c6ccc(C#N)c(C(F)(F)F)c6F)CC5)c(F)c4)CC3)CC2)cc2c1C(=O)N(C1CCC(=O)NC1=O)C2. The molecule has 1 unspecified atom stereocenters. The van der Waals surface area contributed by atoms with Gasteiger partial charge in [0.05, 0.1) is 30.0 Å². The Morgan fingerprint density at radius 1 is 0.831 bits per heavy atom. The molecule has 312 valence electrons. The normalized spacial score (nSPS) is 21.2. The zero-order valence-corrected chi connectivity index (χ0v) is 32.8. The minimum Gasteiger partial charge on any atom is -0.496 e. The fourth-order valence-corrected chi connectivity index (χ4v) is 9.58. The molecule has 3 aromatic rings. The molecule has 59 heavy (non-hydrogen) atoms. The van der Waals surface area contributed by atoms with Crippen LogP contribution in [-0.4, -0.2) is 99.6 Å². The molecule has 0 saturated carbocycles. The molecule has 0 bridgehead atoms. The first-order valence-corrected chi connectivity index (χ1v) is 20.2. The first kappa shape index (κ1) is 40.4. The molecular formula is C43H46F5N7O4. The van der Waals surface area contributed by atoms with Gasteiger partial charge in [0.1, 0.15) is 23.2 Å². The highest BCUT2D eigenvalue weighted by molar-refractivity contribution is 6.06. The second-order valence-corrected chi connectivity index (χ2v) is 16.2. The molecule has 5 aliphatic heterocycles. The molecule has 0 aromatic heterocycles. The molecule has 11 nitrogen and oxygen atoms in total. The summed E-state index contributed by atoms with van der Waals surface area (Å²) in [6.45, 7) is 6.75. The van der Waals surface area contributed by atoms with E-state index in [0.29, 0.717) is 42.1 Å². The number of anilines is 3. The molecule has 3 aromatic carbocycles. The molecule has 4 saturated heterocycles. The van der Waals surface area contributed by atoms with Crippen molar-refractivity contribution in [1.82, 2.24) is 15.1 Å². The monoisotopic (exact) mass is 819 g/mol. The van der Waals surface area contributed by atoms with Gasteiger partial charge in [-0.05, 0) is 85.4 Å². The van der Waals surface area contributed by atoms with Gasteiger partial charge < -0.3 is 24.3 Å². The number of piperazine rings is 1. The van der Waals surface area contributed by atoms with Crippen LogP contribution >= 0.6 is 0 Å². The number of nitrogens with one attached hydrogen (secondary N) is 1. The number of carbonyl (C=O) groups is 3. The van der Waals surface area contributed by atoms with E-state index >= 15 is 8.78 Å². The van der Waals surface area contributed by atoms with Crippen LogP contribution in [-0.2, 0) is 22.3 Å². The summed E-state index contributed by atoms with van der Waals surface area (Å²) in [6.07, 6.45) is -1.66. The van der Waals surface area contributed by atoms with Gasteiger partial charge in [0.25, 0.3) is 5.91 Å². The van der Waals surface area contributed by atoms with Gasteiger partial charge in [-0.1, -0.05) is 6.07 Å². The van der Waals surface area contributed by atoms with Crippen molar-refractivity contribution in [2.75, 3.05) is 80.7 Å². The summed E-state index contributed by atoms with van der Waals surface area (Å²) in [4.78, 5) is 47.7. The van der Waals surface area contributed by atoms with Crippen LogP contribution in [0, 0.1) is 28.9 Å². The lowest BCUT2D eigenvalue weighted by Gasteiger charge is -2.40. The topological polar surface area (TPSA) is 112 Å². The summed E-state index contributed by atoms with van der Waals surface area (Å²) in [7, 11) is 1.54. The summed E-state index contributed by atoms with van der Waals surface area (Å²) < 4.78 is 77.0. The maximum absolute atomic E-state index is 15.6. The molecule has 16 heteroatoms. The van der Waals surface area contributed by atoms with Crippen LogP contribution in [0.3, 0.4) is 0 Å². The van der Waals surface area contributed by atoms with Gasteiger partial charge in [0.15, 0.2) is 5.82 Å². The zero-order valence-electron chi connectivity index (χ0n) is 32.8. The number of nitrogens with zero attached hydrogens (tertiary/aromatic N) is 6. The first-order chi connectivity index (χ1) is 28.3. The van der Waals surface area contributed by atoms with Gasteiger partial charge in [-0.15, -0.1) is 0 Å². The van der Waals surface area contributed by atoms with Crippen molar-refractivity contribution in [3.05, 3.63) is 81.9 Å². The second kappa shape index (κ2) is 16.3. The second-order valence-electron chi connectivity index (χ2n) is 16.2. The van der Waals surface area contributed by atoms with Crippen LogP contribution in [0.15, 0.2) is 42.5 Å². The van der Waals surface area contributed by atoms with Gasteiger partial charge in [0, 0.05) is 89.3 Å². The highest BCUT2D eigenvalue weighted by Crippen LogP contribution is 2.41. The van der Waals surface area contributed by atoms with Crippen molar-refractivity contribution < 1.29 is 41.1 Å². The molecule has 1 N–H and O–H groups in total. The lowest BCUT2D eigenvalue weighted by Crippen LogP contribution is -2.52. The first-order valence-electron chi connectivity index (χ1n) is 20.2. The largest absolute Gasteiger partial charge is 0.496 e. The third kappa shape index (κ3) is 8.01. The number of benzene rings is 3. The number of nitriles is 1. The molecule has 1 atom stereocenters. The number of fused-ring (bicyclic) bond motifs is 1. The smallest absolute Gasteiger partial charge is 0.420 e. The number of halogens is 5. The Morgan fingerprint density at radius 2 is 1.53 bits per heavy atom. The average Bonchev–Trinajstić information content (AvgIpc) is 3.55. The summed E-state index contributed by atoms with van der Waals surface area (Å²) in [6, 6.07) is 12.2. The third-order valence-electron chi connectivity index (χ3n) is 12.8. The van der Waals surface area contributed by atoms with E-state index in [1.807, 2.05) is 24.3 Å². The Bertz CT molecular complexity index is 2170. The number of ether oxygens (including phenoxy) is 1. The average molecular weight is 820 g/mol. The summed E-state index contributed by atoms with van der Waals surface area (Å²) in [5, 5.41) is 11.4. The molecule has 5 heterocycles. The number of hydrogen-bond acceptors (Lipinski definition) is 9. The third-order valence-corrected chi connectivity index (χ3v) is 12.8. The van der Waals surface area contributed by atoms with Crippen LogP contribution in [0.1, 0.15) is 77.1 Å². The van der Waals surface area contributed by atoms with Gasteiger partial charge in [-0.25, -0.2) is 8.78 Å². The van der Waals surface area contributed by atoms with E-state index in [9.17, 15) is 27.6 Å². The van der Waals surface area contributed by atoms with Crippen molar-refractivity contribution in [1.29, 1.82) is 5.26 Å². The van der Waals surface area contributed by atoms with Gasteiger partial charge in [-0.2, -0.15) is 18.4 Å². The molecule has 5 aliphatic rings. The van der Waals surface area contributed by atoms with Crippen molar-refractivity contribution in [3.63, 3.8) is 0 Å². The van der Waals surface area contributed by atoms with E-state index < -0.39 is 35.1 Å². The molecule has 8 rings (SSSR count). The van der Waals surface area contributed by atoms with Crippen LogP contribution < -0.4 is 24.8 Å². The minimum absolute atomic E-state index is 0.153. The molecule has 4 fully saturated rings. The number of carbonyl (C=O) groups excluding carboxylic acids is 3. The standard InChI is InChI=1S/C43H46F5N7O4/c1-59-36-22-31(20-29-25-55(42(58)38(29)36)35-6-7-37(56)50-41(35)57)53-18-16-51(17-19-53)24-26-8-12-52(13-9-26)30-3-4-32(33(44)21-30)27-10-14-54(15-11-27)34-5-2-28(23-49)39(40(34)45)43(46,47)48/h2-5,20-22,26-27,35H,6-19,24-25H2,1H3,(H,50,56,57). The molecule has 0 spiro atoms. The highest BCUT2D eigenvalue weighted by Gasteiger charge is 2.42. The van der Waals surface area contributed by atoms with Crippen LogP contribution in [0.2, 0.25) is 0 Å². The van der Waals surface area contributed by atoms with Crippen LogP contribution in [0.5, 0.6) is 5.75 Å². The Balaban J connectivity index is 0.811. The lowest BCUT2D eigenvalue weighted by molar-refractivity contribution is -0.140. The number of rotatable bonds is 8. The van der Waals surface area contributed by atoms with Crippen molar-refractivity contribution in [2.45, 2.75) is 63.2 Å². The maximum Gasteiger partial charge on any atom is 0.420 e. The van der Waals surface area contributed by atoms with E-state index in [1.165, 1.54) is 29.0 Å². The van der Waals surface area contributed by atoms with Gasteiger partial charge >= 0.3 is 6.18 Å².